The highest BCUT2D eigenvalue weighted by molar-refractivity contribution is 6.05. The lowest BCUT2D eigenvalue weighted by Crippen LogP contribution is -2.47. The molecule has 3 rings (SSSR count). The molecular weight excluding hydrogens is 320 g/mol. The van der Waals surface area contributed by atoms with Crippen molar-refractivity contribution in [2.24, 2.45) is 0 Å². The molecule has 1 atom stereocenters. The standard InChI is InChI=1S/C18H20N4O3/c1-4-13-9-16(20-12(3)19-13)21-17(23)10-22-14-7-5-6-8-15(14)25-11(2)18(22)24/h5-9,11H,4,10H2,1-3H3,(H,19,20,21,23). The SMILES string of the molecule is CCc1cc(NC(=O)CN2C(=O)C(C)Oc3ccccc32)nc(C)n1. The predicted octanol–water partition coefficient (Wildman–Crippen LogP) is 2.10. The number of fused-ring (bicyclic) bond motifs is 1. The molecule has 0 fully saturated rings. The lowest BCUT2D eigenvalue weighted by atomic mass is 10.2. The molecule has 1 aliphatic heterocycles. The van der Waals surface area contributed by atoms with E-state index in [1.54, 1.807) is 38.1 Å². The van der Waals surface area contributed by atoms with Crippen LogP contribution in [0.2, 0.25) is 0 Å². The van der Waals surface area contributed by atoms with Crippen molar-refractivity contribution >= 4 is 23.3 Å². The number of carbonyl (C=O) groups excluding carboxylic acids is 2. The highest BCUT2D eigenvalue weighted by Crippen LogP contribution is 2.33. The maximum absolute atomic E-state index is 12.4. The molecule has 7 nitrogen and oxygen atoms in total. The first-order valence-corrected chi connectivity index (χ1v) is 8.19. The third-order valence-corrected chi connectivity index (χ3v) is 3.90. The van der Waals surface area contributed by atoms with E-state index in [1.807, 2.05) is 13.0 Å². The molecular formula is C18H20N4O3. The fraction of sp³-hybridized carbons (Fsp3) is 0.333. The summed E-state index contributed by atoms with van der Waals surface area (Å²) in [5.41, 5.74) is 1.44. The number of carbonyl (C=O) groups is 2. The second kappa shape index (κ2) is 6.88. The third-order valence-electron chi connectivity index (χ3n) is 3.90. The maximum atomic E-state index is 12.4. The first-order chi connectivity index (χ1) is 12.0. The van der Waals surface area contributed by atoms with E-state index >= 15 is 0 Å². The van der Waals surface area contributed by atoms with Crippen molar-refractivity contribution in [1.82, 2.24) is 9.97 Å². The number of anilines is 2. The number of rotatable bonds is 4. The summed E-state index contributed by atoms with van der Waals surface area (Å²) in [6.45, 7) is 5.33. The van der Waals surface area contributed by atoms with Crippen LogP contribution in [0, 0.1) is 6.92 Å². The Morgan fingerprint density at radius 3 is 2.84 bits per heavy atom. The van der Waals surface area contributed by atoms with Crippen LogP contribution in [0.25, 0.3) is 0 Å². The molecule has 0 radical (unpaired) electrons. The Labute approximate surface area is 146 Å². The second-order valence-corrected chi connectivity index (χ2v) is 5.85. The van der Waals surface area contributed by atoms with Crippen LogP contribution >= 0.6 is 0 Å². The van der Waals surface area contributed by atoms with Crippen LogP contribution < -0.4 is 15.0 Å². The number of benzene rings is 1. The Kier molecular flexibility index (Phi) is 4.65. The molecule has 25 heavy (non-hydrogen) atoms. The summed E-state index contributed by atoms with van der Waals surface area (Å²) >= 11 is 0. The molecule has 0 saturated carbocycles. The van der Waals surface area contributed by atoms with E-state index in [1.165, 1.54) is 4.90 Å². The van der Waals surface area contributed by atoms with Crippen molar-refractivity contribution in [2.75, 3.05) is 16.8 Å². The summed E-state index contributed by atoms with van der Waals surface area (Å²) < 4.78 is 5.58. The number of nitrogens with one attached hydrogen (secondary N) is 1. The van der Waals surface area contributed by atoms with Crippen LogP contribution in [-0.4, -0.2) is 34.4 Å². The number of hydrogen-bond donors (Lipinski definition) is 1. The fourth-order valence-corrected chi connectivity index (χ4v) is 2.72. The summed E-state index contributed by atoms with van der Waals surface area (Å²) in [6.07, 6.45) is 0.120. The minimum absolute atomic E-state index is 0.103. The number of para-hydroxylation sites is 2. The maximum Gasteiger partial charge on any atom is 0.268 e. The van der Waals surface area contributed by atoms with E-state index in [9.17, 15) is 9.59 Å². The van der Waals surface area contributed by atoms with Crippen molar-refractivity contribution < 1.29 is 14.3 Å². The predicted molar refractivity (Wildman–Crippen MR) is 93.7 cm³/mol. The van der Waals surface area contributed by atoms with E-state index in [0.29, 0.717) is 23.1 Å². The number of amides is 2. The van der Waals surface area contributed by atoms with Crippen molar-refractivity contribution in [3.05, 3.63) is 41.9 Å². The second-order valence-electron chi connectivity index (χ2n) is 5.85. The van der Waals surface area contributed by atoms with Gasteiger partial charge in [0.05, 0.1) is 5.69 Å². The van der Waals surface area contributed by atoms with Gasteiger partial charge in [-0.15, -0.1) is 0 Å². The van der Waals surface area contributed by atoms with Gasteiger partial charge < -0.3 is 10.1 Å². The first-order valence-electron chi connectivity index (χ1n) is 8.19. The molecule has 2 aromatic rings. The summed E-state index contributed by atoms with van der Waals surface area (Å²) in [6, 6.07) is 8.91. The molecule has 0 bridgehead atoms. The highest BCUT2D eigenvalue weighted by atomic mass is 16.5. The Morgan fingerprint density at radius 1 is 1.32 bits per heavy atom. The van der Waals surface area contributed by atoms with E-state index < -0.39 is 6.10 Å². The van der Waals surface area contributed by atoms with Crippen LogP contribution in [0.5, 0.6) is 5.75 Å². The molecule has 2 amide bonds. The van der Waals surface area contributed by atoms with Gasteiger partial charge in [-0.25, -0.2) is 9.97 Å². The van der Waals surface area contributed by atoms with Crippen molar-refractivity contribution in [3.63, 3.8) is 0 Å². The minimum atomic E-state index is -0.629. The molecule has 7 heteroatoms. The molecule has 2 heterocycles. The van der Waals surface area contributed by atoms with Gasteiger partial charge >= 0.3 is 0 Å². The van der Waals surface area contributed by atoms with Gasteiger partial charge in [0.1, 0.15) is 23.9 Å². The van der Waals surface area contributed by atoms with Crippen molar-refractivity contribution in [1.29, 1.82) is 0 Å². The highest BCUT2D eigenvalue weighted by Gasteiger charge is 2.32. The molecule has 0 spiro atoms. The van der Waals surface area contributed by atoms with Gasteiger partial charge in [0.2, 0.25) is 5.91 Å². The van der Waals surface area contributed by atoms with Gasteiger partial charge in [-0.3, -0.25) is 14.5 Å². The average molecular weight is 340 g/mol. The van der Waals surface area contributed by atoms with Crippen molar-refractivity contribution in [2.45, 2.75) is 33.3 Å². The van der Waals surface area contributed by atoms with Crippen LogP contribution in [0.15, 0.2) is 30.3 Å². The lowest BCUT2D eigenvalue weighted by Gasteiger charge is -2.32. The van der Waals surface area contributed by atoms with E-state index in [-0.39, 0.29) is 18.4 Å². The van der Waals surface area contributed by atoms with Gasteiger partial charge in [0.15, 0.2) is 6.10 Å². The van der Waals surface area contributed by atoms with Crippen LogP contribution in [0.4, 0.5) is 11.5 Å². The molecule has 1 aliphatic rings. The van der Waals surface area contributed by atoms with Gasteiger partial charge in [-0.1, -0.05) is 19.1 Å². The van der Waals surface area contributed by atoms with Crippen molar-refractivity contribution in [3.8, 4) is 5.75 Å². The van der Waals surface area contributed by atoms with Gasteiger partial charge in [0.25, 0.3) is 5.91 Å². The smallest absolute Gasteiger partial charge is 0.268 e. The monoisotopic (exact) mass is 340 g/mol. The molecule has 130 valence electrons. The van der Waals surface area contributed by atoms with Gasteiger partial charge in [-0.2, -0.15) is 0 Å². The van der Waals surface area contributed by atoms with Crippen LogP contribution in [0.1, 0.15) is 25.4 Å². The molecule has 0 saturated heterocycles. The number of aryl methyl sites for hydroxylation is 2. The number of nitrogens with zero attached hydrogens (tertiary/aromatic N) is 3. The number of ether oxygens (including phenoxy) is 1. The van der Waals surface area contributed by atoms with Crippen LogP contribution in [0.3, 0.4) is 0 Å². The van der Waals surface area contributed by atoms with Gasteiger partial charge in [0, 0.05) is 11.8 Å². The molecule has 1 unspecified atom stereocenters. The molecule has 0 aliphatic carbocycles. The Balaban J connectivity index is 1.79. The zero-order valence-corrected chi connectivity index (χ0v) is 14.4. The quantitative estimate of drug-likeness (QED) is 0.921. The zero-order valence-electron chi connectivity index (χ0n) is 14.4. The van der Waals surface area contributed by atoms with E-state index in [0.717, 1.165) is 12.1 Å². The largest absolute Gasteiger partial charge is 0.479 e. The zero-order chi connectivity index (χ0) is 18.0. The van der Waals surface area contributed by atoms with Gasteiger partial charge in [-0.05, 0) is 32.4 Å². The molecule has 1 aromatic heterocycles. The summed E-state index contributed by atoms with van der Waals surface area (Å²) in [4.78, 5) is 34.8. The van der Waals surface area contributed by atoms with E-state index in [2.05, 4.69) is 15.3 Å². The summed E-state index contributed by atoms with van der Waals surface area (Å²) in [5.74, 6) is 1.06. The first kappa shape index (κ1) is 16.9. The minimum Gasteiger partial charge on any atom is -0.479 e. The Hall–Kier alpha value is -2.96. The number of hydrogen-bond acceptors (Lipinski definition) is 5. The van der Waals surface area contributed by atoms with E-state index in [4.69, 9.17) is 4.74 Å². The number of aromatic nitrogens is 2. The lowest BCUT2D eigenvalue weighted by molar-refractivity contribution is -0.127. The summed E-state index contributed by atoms with van der Waals surface area (Å²) in [7, 11) is 0. The molecule has 1 aromatic carbocycles. The fourth-order valence-electron chi connectivity index (χ4n) is 2.72. The Bertz CT molecular complexity index is 822. The molecule has 1 N–H and O–H groups in total. The van der Waals surface area contributed by atoms with Crippen LogP contribution in [-0.2, 0) is 16.0 Å². The Morgan fingerprint density at radius 2 is 2.08 bits per heavy atom. The topological polar surface area (TPSA) is 84.4 Å². The normalized spacial score (nSPS) is 16.2. The third kappa shape index (κ3) is 3.60. The average Bonchev–Trinajstić information content (AvgIpc) is 2.58. The summed E-state index contributed by atoms with van der Waals surface area (Å²) in [5, 5.41) is 2.75.